The molecule has 2 saturated heterocycles. The van der Waals surface area contributed by atoms with Gasteiger partial charge in [0, 0.05) is 24.8 Å². The molecule has 92 valence electrons. The van der Waals surface area contributed by atoms with Gasteiger partial charge in [0.2, 0.25) is 0 Å². The van der Waals surface area contributed by atoms with E-state index in [1.54, 1.807) is 0 Å². The maximum absolute atomic E-state index is 5.87. The third-order valence-electron chi connectivity index (χ3n) is 4.01. The predicted octanol–water partition coefficient (Wildman–Crippen LogP) is 2.19. The van der Waals surface area contributed by atoms with E-state index < -0.39 is 0 Å². The summed E-state index contributed by atoms with van der Waals surface area (Å²) in [7, 11) is 0. The van der Waals surface area contributed by atoms with Gasteiger partial charge in [0.1, 0.15) is 0 Å². The van der Waals surface area contributed by atoms with Crippen LogP contribution in [0.4, 0.5) is 5.69 Å². The van der Waals surface area contributed by atoms with Gasteiger partial charge in [-0.15, -0.1) is 0 Å². The molecule has 1 aromatic carbocycles. The zero-order valence-corrected chi connectivity index (χ0v) is 10.3. The van der Waals surface area contributed by atoms with Gasteiger partial charge in [-0.2, -0.15) is 0 Å². The van der Waals surface area contributed by atoms with Crippen molar-refractivity contribution < 1.29 is 4.74 Å². The van der Waals surface area contributed by atoms with Crippen molar-refractivity contribution in [1.82, 2.24) is 4.90 Å². The second-order valence-corrected chi connectivity index (χ2v) is 5.26. The fourth-order valence-electron chi connectivity index (χ4n) is 2.99. The van der Waals surface area contributed by atoms with Crippen molar-refractivity contribution in [3.05, 3.63) is 29.8 Å². The summed E-state index contributed by atoms with van der Waals surface area (Å²) in [6.45, 7) is 4.39. The smallest absolute Gasteiger partial charge is 0.0707 e. The van der Waals surface area contributed by atoms with Crippen LogP contribution in [-0.4, -0.2) is 30.2 Å². The van der Waals surface area contributed by atoms with Crippen LogP contribution in [0.15, 0.2) is 24.3 Å². The van der Waals surface area contributed by atoms with Crippen LogP contribution in [0.2, 0.25) is 0 Å². The van der Waals surface area contributed by atoms with Crippen LogP contribution in [0.1, 0.15) is 31.4 Å². The second-order valence-electron chi connectivity index (χ2n) is 5.26. The molecule has 0 aliphatic carbocycles. The SMILES string of the molecule is CC(c1cccc(N)c1)N1CC2CCC(C1)O2. The van der Waals surface area contributed by atoms with E-state index in [4.69, 9.17) is 10.5 Å². The Kier molecular flexibility index (Phi) is 2.81. The lowest BCUT2D eigenvalue weighted by Crippen LogP contribution is -2.43. The van der Waals surface area contributed by atoms with Crippen molar-refractivity contribution in [2.45, 2.75) is 38.0 Å². The van der Waals surface area contributed by atoms with Crippen molar-refractivity contribution in [2.24, 2.45) is 0 Å². The summed E-state index contributed by atoms with van der Waals surface area (Å²) in [6.07, 6.45) is 3.37. The zero-order chi connectivity index (χ0) is 11.8. The van der Waals surface area contributed by atoms with E-state index >= 15 is 0 Å². The third-order valence-corrected chi connectivity index (χ3v) is 4.01. The number of benzene rings is 1. The molecule has 3 nitrogen and oxygen atoms in total. The van der Waals surface area contributed by atoms with Crippen LogP contribution in [0, 0.1) is 0 Å². The Labute approximate surface area is 103 Å². The van der Waals surface area contributed by atoms with Gasteiger partial charge in [0.15, 0.2) is 0 Å². The van der Waals surface area contributed by atoms with Gasteiger partial charge in [0.05, 0.1) is 12.2 Å². The van der Waals surface area contributed by atoms with Gasteiger partial charge in [0.25, 0.3) is 0 Å². The Morgan fingerprint density at radius 3 is 2.65 bits per heavy atom. The van der Waals surface area contributed by atoms with Gasteiger partial charge < -0.3 is 10.5 Å². The van der Waals surface area contributed by atoms with E-state index in [0.717, 1.165) is 18.8 Å². The molecule has 2 aliphatic heterocycles. The molecule has 2 aliphatic rings. The highest BCUT2D eigenvalue weighted by molar-refractivity contribution is 5.41. The number of fused-ring (bicyclic) bond motifs is 2. The number of nitrogens with zero attached hydrogens (tertiary/aromatic N) is 1. The van der Waals surface area contributed by atoms with Crippen LogP contribution < -0.4 is 5.73 Å². The average Bonchev–Trinajstić information content (AvgIpc) is 2.67. The number of nitrogen functional groups attached to an aromatic ring is 1. The van der Waals surface area contributed by atoms with Gasteiger partial charge in [-0.1, -0.05) is 12.1 Å². The summed E-state index contributed by atoms with van der Waals surface area (Å²) in [5.41, 5.74) is 8.01. The van der Waals surface area contributed by atoms with Gasteiger partial charge in [-0.05, 0) is 37.5 Å². The van der Waals surface area contributed by atoms with Gasteiger partial charge in [-0.25, -0.2) is 0 Å². The van der Waals surface area contributed by atoms with Crippen LogP contribution in [0.3, 0.4) is 0 Å². The first-order valence-corrected chi connectivity index (χ1v) is 6.47. The van der Waals surface area contributed by atoms with Crippen molar-refractivity contribution >= 4 is 5.69 Å². The van der Waals surface area contributed by atoms with Crippen molar-refractivity contribution in [3.8, 4) is 0 Å². The lowest BCUT2D eigenvalue weighted by atomic mass is 10.1. The molecule has 1 aromatic rings. The monoisotopic (exact) mass is 232 g/mol. The minimum atomic E-state index is 0.436. The summed E-state index contributed by atoms with van der Waals surface area (Å²) < 4.78 is 5.87. The lowest BCUT2D eigenvalue weighted by molar-refractivity contribution is -0.0509. The Balaban J connectivity index is 1.76. The molecule has 0 spiro atoms. The number of morpholine rings is 1. The largest absolute Gasteiger partial charge is 0.399 e. The molecule has 3 unspecified atom stereocenters. The second kappa shape index (κ2) is 4.31. The number of likely N-dealkylation sites (tertiary alicyclic amines) is 1. The molecule has 0 amide bonds. The van der Waals surface area contributed by atoms with E-state index in [1.165, 1.54) is 18.4 Å². The minimum absolute atomic E-state index is 0.436. The fourth-order valence-corrected chi connectivity index (χ4v) is 2.99. The Morgan fingerprint density at radius 2 is 2.00 bits per heavy atom. The molecular formula is C14H20N2O. The van der Waals surface area contributed by atoms with Crippen molar-refractivity contribution in [3.63, 3.8) is 0 Å². The number of hydrogen-bond acceptors (Lipinski definition) is 3. The Morgan fingerprint density at radius 1 is 1.29 bits per heavy atom. The fraction of sp³-hybridized carbons (Fsp3) is 0.571. The van der Waals surface area contributed by atoms with Crippen molar-refractivity contribution in [2.75, 3.05) is 18.8 Å². The predicted molar refractivity (Wildman–Crippen MR) is 68.7 cm³/mol. The number of nitrogens with two attached hydrogens (primary N) is 1. The molecule has 3 heteroatoms. The maximum Gasteiger partial charge on any atom is 0.0707 e. The number of hydrogen-bond donors (Lipinski definition) is 1. The molecule has 0 radical (unpaired) electrons. The molecule has 3 atom stereocenters. The highest BCUT2D eigenvalue weighted by Crippen LogP contribution is 2.31. The molecule has 0 aromatic heterocycles. The number of anilines is 1. The van der Waals surface area contributed by atoms with Gasteiger partial charge in [-0.3, -0.25) is 4.90 Å². The highest BCUT2D eigenvalue weighted by Gasteiger charge is 2.35. The third kappa shape index (κ3) is 2.17. The topological polar surface area (TPSA) is 38.5 Å². The van der Waals surface area contributed by atoms with E-state index in [9.17, 15) is 0 Å². The summed E-state index contributed by atoms with van der Waals surface area (Å²) in [4.78, 5) is 2.53. The van der Waals surface area contributed by atoms with Crippen LogP contribution in [0.5, 0.6) is 0 Å². The summed E-state index contributed by atoms with van der Waals surface area (Å²) in [5, 5.41) is 0. The molecular weight excluding hydrogens is 212 g/mol. The standard InChI is InChI=1S/C14H20N2O/c1-10(11-3-2-4-12(15)7-11)16-8-13-5-6-14(9-16)17-13/h2-4,7,10,13-14H,5-6,8-9,15H2,1H3. The van der Waals surface area contributed by atoms with Gasteiger partial charge >= 0.3 is 0 Å². The first kappa shape index (κ1) is 11.1. The van der Waals surface area contributed by atoms with Crippen LogP contribution in [0.25, 0.3) is 0 Å². The quantitative estimate of drug-likeness (QED) is 0.794. The molecule has 2 N–H and O–H groups in total. The molecule has 2 fully saturated rings. The summed E-state index contributed by atoms with van der Waals surface area (Å²) in [6, 6.07) is 8.67. The van der Waals surface area contributed by atoms with E-state index in [-0.39, 0.29) is 0 Å². The first-order chi connectivity index (χ1) is 8.22. The maximum atomic E-state index is 5.87. The number of rotatable bonds is 2. The Bertz CT molecular complexity index is 395. The summed E-state index contributed by atoms with van der Waals surface area (Å²) >= 11 is 0. The molecule has 3 rings (SSSR count). The number of ether oxygens (including phenoxy) is 1. The first-order valence-electron chi connectivity index (χ1n) is 6.47. The molecule has 2 heterocycles. The zero-order valence-electron chi connectivity index (χ0n) is 10.3. The van der Waals surface area contributed by atoms with E-state index in [2.05, 4.69) is 24.0 Å². The van der Waals surface area contributed by atoms with Crippen molar-refractivity contribution in [1.29, 1.82) is 0 Å². The van der Waals surface area contributed by atoms with Crippen LogP contribution >= 0.6 is 0 Å². The van der Waals surface area contributed by atoms with E-state index in [0.29, 0.717) is 18.2 Å². The molecule has 2 bridgehead atoms. The average molecular weight is 232 g/mol. The molecule has 0 saturated carbocycles. The molecule has 17 heavy (non-hydrogen) atoms. The van der Waals surface area contributed by atoms with E-state index in [1.807, 2.05) is 12.1 Å². The normalized spacial score (nSPS) is 30.4. The summed E-state index contributed by atoms with van der Waals surface area (Å²) in [5.74, 6) is 0. The minimum Gasteiger partial charge on any atom is -0.399 e. The Hall–Kier alpha value is -1.06. The highest BCUT2D eigenvalue weighted by atomic mass is 16.5. The lowest BCUT2D eigenvalue weighted by Gasteiger charge is -2.36. The van der Waals surface area contributed by atoms with Crippen LogP contribution in [-0.2, 0) is 4.74 Å².